The zero-order valence-electron chi connectivity index (χ0n) is 13.3. The van der Waals surface area contributed by atoms with Gasteiger partial charge >= 0.3 is 0 Å². The molecule has 0 aromatic rings. The molecule has 0 fully saturated rings. The topological polar surface area (TPSA) is 29.3 Å². The Kier molecular flexibility index (Phi) is 11.9. The predicted molar refractivity (Wildman–Crippen MR) is 83.0 cm³/mol. The molecule has 2 N–H and O–H groups in total. The monoisotopic (exact) mass is 256 g/mol. The number of rotatable bonds is 12. The minimum atomic E-state index is 0.596. The Balaban J connectivity index is 4.07. The average Bonchev–Trinajstić information content (AvgIpc) is 2.36. The molecule has 0 saturated carbocycles. The van der Waals surface area contributed by atoms with Gasteiger partial charge in [-0.3, -0.25) is 4.90 Å². The SMILES string of the molecule is CCCCCCC(CN)N(CCCCC)C(C)C. The van der Waals surface area contributed by atoms with Crippen LogP contribution in [0.2, 0.25) is 0 Å². The van der Waals surface area contributed by atoms with Gasteiger partial charge < -0.3 is 5.73 Å². The van der Waals surface area contributed by atoms with Gasteiger partial charge in [0.25, 0.3) is 0 Å². The van der Waals surface area contributed by atoms with Crippen molar-refractivity contribution in [2.24, 2.45) is 5.73 Å². The highest BCUT2D eigenvalue weighted by atomic mass is 15.2. The van der Waals surface area contributed by atoms with Crippen LogP contribution in [0.3, 0.4) is 0 Å². The van der Waals surface area contributed by atoms with Crippen LogP contribution in [0.5, 0.6) is 0 Å². The van der Waals surface area contributed by atoms with Gasteiger partial charge in [0, 0.05) is 18.6 Å². The number of hydrogen-bond donors (Lipinski definition) is 1. The summed E-state index contributed by atoms with van der Waals surface area (Å²) in [6.07, 6.45) is 10.6. The van der Waals surface area contributed by atoms with Gasteiger partial charge in [-0.05, 0) is 33.2 Å². The van der Waals surface area contributed by atoms with Crippen molar-refractivity contribution in [2.75, 3.05) is 13.1 Å². The lowest BCUT2D eigenvalue weighted by Crippen LogP contribution is -2.45. The highest BCUT2D eigenvalue weighted by molar-refractivity contribution is 4.75. The second kappa shape index (κ2) is 12.0. The third-order valence-corrected chi connectivity index (χ3v) is 3.82. The van der Waals surface area contributed by atoms with Crippen molar-refractivity contribution in [3.63, 3.8) is 0 Å². The number of nitrogens with zero attached hydrogens (tertiary/aromatic N) is 1. The van der Waals surface area contributed by atoms with E-state index in [4.69, 9.17) is 5.73 Å². The molecule has 2 heteroatoms. The van der Waals surface area contributed by atoms with Crippen LogP contribution in [0.25, 0.3) is 0 Å². The summed E-state index contributed by atoms with van der Waals surface area (Å²) in [6.45, 7) is 11.2. The fourth-order valence-electron chi connectivity index (χ4n) is 2.63. The van der Waals surface area contributed by atoms with E-state index < -0.39 is 0 Å². The van der Waals surface area contributed by atoms with Crippen LogP contribution < -0.4 is 5.73 Å². The second-order valence-corrected chi connectivity index (χ2v) is 5.78. The van der Waals surface area contributed by atoms with Crippen molar-refractivity contribution in [1.29, 1.82) is 0 Å². The average molecular weight is 256 g/mol. The zero-order valence-corrected chi connectivity index (χ0v) is 13.3. The van der Waals surface area contributed by atoms with Gasteiger partial charge in [0.1, 0.15) is 0 Å². The highest BCUT2D eigenvalue weighted by Gasteiger charge is 2.18. The van der Waals surface area contributed by atoms with Crippen molar-refractivity contribution in [3.8, 4) is 0 Å². The van der Waals surface area contributed by atoms with E-state index in [1.54, 1.807) is 0 Å². The molecule has 1 atom stereocenters. The van der Waals surface area contributed by atoms with Crippen LogP contribution >= 0.6 is 0 Å². The van der Waals surface area contributed by atoms with E-state index in [-0.39, 0.29) is 0 Å². The zero-order chi connectivity index (χ0) is 13.8. The van der Waals surface area contributed by atoms with Gasteiger partial charge in [0.05, 0.1) is 0 Å². The van der Waals surface area contributed by atoms with Gasteiger partial charge in [0.2, 0.25) is 0 Å². The Hall–Kier alpha value is -0.0800. The Bertz CT molecular complexity index is 168. The molecule has 0 spiro atoms. The first-order chi connectivity index (χ1) is 8.67. The molecule has 0 aliphatic heterocycles. The molecule has 0 aromatic carbocycles. The van der Waals surface area contributed by atoms with Gasteiger partial charge in [-0.25, -0.2) is 0 Å². The van der Waals surface area contributed by atoms with E-state index in [2.05, 4.69) is 32.6 Å². The van der Waals surface area contributed by atoms with E-state index in [1.165, 1.54) is 57.9 Å². The minimum absolute atomic E-state index is 0.596. The Morgan fingerprint density at radius 2 is 1.50 bits per heavy atom. The molecule has 0 bridgehead atoms. The molecule has 0 aliphatic rings. The molecule has 0 heterocycles. The summed E-state index contributed by atoms with van der Waals surface area (Å²) < 4.78 is 0. The van der Waals surface area contributed by atoms with Crippen molar-refractivity contribution in [1.82, 2.24) is 4.90 Å². The van der Waals surface area contributed by atoms with Crippen molar-refractivity contribution < 1.29 is 0 Å². The summed E-state index contributed by atoms with van der Waals surface area (Å²) in [5.41, 5.74) is 5.99. The predicted octanol–water partition coefficient (Wildman–Crippen LogP) is 4.18. The van der Waals surface area contributed by atoms with Crippen LogP contribution in [0.15, 0.2) is 0 Å². The molecule has 1 unspecified atom stereocenters. The van der Waals surface area contributed by atoms with E-state index in [1.807, 2.05) is 0 Å². The molecule has 0 aliphatic carbocycles. The number of hydrogen-bond acceptors (Lipinski definition) is 2. The van der Waals surface area contributed by atoms with Crippen LogP contribution in [0, 0.1) is 0 Å². The fraction of sp³-hybridized carbons (Fsp3) is 1.00. The maximum Gasteiger partial charge on any atom is 0.0221 e. The molecule has 0 amide bonds. The summed E-state index contributed by atoms with van der Waals surface area (Å²) in [5.74, 6) is 0. The van der Waals surface area contributed by atoms with Crippen molar-refractivity contribution >= 4 is 0 Å². The van der Waals surface area contributed by atoms with Crippen LogP contribution in [0.1, 0.15) is 79.1 Å². The number of nitrogens with two attached hydrogens (primary N) is 1. The molecule has 0 aromatic heterocycles. The smallest absolute Gasteiger partial charge is 0.0221 e. The first-order valence-electron chi connectivity index (χ1n) is 8.13. The van der Waals surface area contributed by atoms with E-state index in [0.29, 0.717) is 12.1 Å². The maximum atomic E-state index is 5.99. The summed E-state index contributed by atoms with van der Waals surface area (Å²) in [6, 6.07) is 1.22. The van der Waals surface area contributed by atoms with Crippen molar-refractivity contribution in [3.05, 3.63) is 0 Å². The maximum absolute atomic E-state index is 5.99. The molecule has 18 heavy (non-hydrogen) atoms. The van der Waals surface area contributed by atoms with Gasteiger partial charge in [-0.2, -0.15) is 0 Å². The van der Waals surface area contributed by atoms with Crippen LogP contribution in [0.4, 0.5) is 0 Å². The standard InChI is InChI=1S/C16H36N2/c1-5-7-9-10-12-16(14-17)18(15(3)4)13-11-8-6-2/h15-16H,5-14,17H2,1-4H3. The Labute approximate surface area is 115 Å². The molecule has 0 rings (SSSR count). The summed E-state index contributed by atoms with van der Waals surface area (Å²) in [7, 11) is 0. The molecule has 2 nitrogen and oxygen atoms in total. The Morgan fingerprint density at radius 3 is 2.00 bits per heavy atom. The molecule has 0 radical (unpaired) electrons. The molecule has 110 valence electrons. The van der Waals surface area contributed by atoms with E-state index in [0.717, 1.165) is 6.54 Å². The van der Waals surface area contributed by atoms with Crippen molar-refractivity contribution in [2.45, 2.75) is 91.1 Å². The highest BCUT2D eigenvalue weighted by Crippen LogP contribution is 2.14. The summed E-state index contributed by atoms with van der Waals surface area (Å²) in [5, 5.41) is 0. The lowest BCUT2D eigenvalue weighted by molar-refractivity contribution is 0.143. The lowest BCUT2D eigenvalue weighted by Gasteiger charge is -2.34. The lowest BCUT2D eigenvalue weighted by atomic mass is 10.0. The van der Waals surface area contributed by atoms with Gasteiger partial charge in [-0.15, -0.1) is 0 Å². The largest absolute Gasteiger partial charge is 0.329 e. The molecular weight excluding hydrogens is 220 g/mol. The third kappa shape index (κ3) is 8.10. The third-order valence-electron chi connectivity index (χ3n) is 3.82. The molecule has 0 saturated heterocycles. The van der Waals surface area contributed by atoms with Crippen LogP contribution in [-0.2, 0) is 0 Å². The number of unbranched alkanes of at least 4 members (excludes halogenated alkanes) is 5. The first kappa shape index (κ1) is 17.9. The quantitative estimate of drug-likeness (QED) is 0.531. The molecular formula is C16H36N2. The summed E-state index contributed by atoms with van der Waals surface area (Å²) in [4.78, 5) is 2.63. The minimum Gasteiger partial charge on any atom is -0.329 e. The summed E-state index contributed by atoms with van der Waals surface area (Å²) >= 11 is 0. The van der Waals surface area contributed by atoms with Crippen LogP contribution in [-0.4, -0.2) is 30.1 Å². The normalized spacial score (nSPS) is 13.5. The fourth-order valence-corrected chi connectivity index (χ4v) is 2.63. The Morgan fingerprint density at radius 1 is 0.889 bits per heavy atom. The van der Waals surface area contributed by atoms with Gasteiger partial charge in [0.15, 0.2) is 0 Å². The second-order valence-electron chi connectivity index (χ2n) is 5.78. The van der Waals surface area contributed by atoms with Gasteiger partial charge in [-0.1, -0.05) is 52.4 Å². The first-order valence-corrected chi connectivity index (χ1v) is 8.13. The van der Waals surface area contributed by atoms with E-state index in [9.17, 15) is 0 Å². The van der Waals surface area contributed by atoms with E-state index >= 15 is 0 Å².